The Morgan fingerprint density at radius 1 is 1.13 bits per heavy atom. The van der Waals surface area contributed by atoms with Crippen molar-refractivity contribution in [3.8, 4) is 0 Å². The van der Waals surface area contributed by atoms with Gasteiger partial charge in [0.1, 0.15) is 12.2 Å². The Hall–Kier alpha value is -0.860. The van der Waals surface area contributed by atoms with Gasteiger partial charge in [0, 0.05) is 0 Å². The summed E-state index contributed by atoms with van der Waals surface area (Å²) in [7, 11) is 0. The van der Waals surface area contributed by atoms with Crippen LogP contribution in [0.2, 0.25) is 0 Å². The molecule has 0 fully saturated rings. The summed E-state index contributed by atoms with van der Waals surface area (Å²) >= 11 is 0. The summed E-state index contributed by atoms with van der Waals surface area (Å²) in [5.74, 6) is -1.78. The van der Waals surface area contributed by atoms with E-state index in [1.54, 1.807) is 0 Å². The molecule has 0 aliphatic heterocycles. The molecule has 3 nitrogen and oxygen atoms in total. The van der Waals surface area contributed by atoms with E-state index in [2.05, 4.69) is 6.92 Å². The van der Waals surface area contributed by atoms with E-state index in [1.165, 1.54) is 25.7 Å². The zero-order valence-electron chi connectivity index (χ0n) is 9.58. The van der Waals surface area contributed by atoms with E-state index < -0.39 is 11.9 Å². The summed E-state index contributed by atoms with van der Waals surface area (Å²) in [6, 6.07) is 0. The molecule has 1 N–H and O–H groups in total. The minimum absolute atomic E-state index is 0.493. The molecule has 0 aromatic heterocycles. The van der Waals surface area contributed by atoms with E-state index >= 15 is 0 Å². The third-order valence-electron chi connectivity index (χ3n) is 2.60. The van der Waals surface area contributed by atoms with Crippen molar-refractivity contribution in [2.75, 3.05) is 0 Å². The fraction of sp³-hybridized carbons (Fsp3) is 0.833. The lowest BCUT2D eigenvalue weighted by molar-refractivity contribution is -0.143. The first-order chi connectivity index (χ1) is 7.22. The summed E-state index contributed by atoms with van der Waals surface area (Å²) < 4.78 is 0. The number of aliphatic carboxylic acids is 1. The Balaban J connectivity index is 3.29. The second kappa shape index (κ2) is 9.69. The fourth-order valence-electron chi connectivity index (χ4n) is 1.57. The van der Waals surface area contributed by atoms with Gasteiger partial charge >= 0.3 is 5.97 Å². The maximum Gasteiger partial charge on any atom is 0.313 e. The summed E-state index contributed by atoms with van der Waals surface area (Å²) in [4.78, 5) is 20.9. The first kappa shape index (κ1) is 14.1. The molecular formula is C12H22O3. The Morgan fingerprint density at radius 3 is 2.13 bits per heavy atom. The number of aldehydes is 1. The van der Waals surface area contributed by atoms with Crippen LogP contribution in [0, 0.1) is 5.92 Å². The molecule has 15 heavy (non-hydrogen) atoms. The average molecular weight is 214 g/mol. The third-order valence-corrected chi connectivity index (χ3v) is 2.60. The normalized spacial score (nSPS) is 12.3. The molecular weight excluding hydrogens is 192 g/mol. The van der Waals surface area contributed by atoms with Gasteiger partial charge in [0.05, 0.1) is 0 Å². The minimum atomic E-state index is -0.990. The quantitative estimate of drug-likeness (QED) is 0.345. The van der Waals surface area contributed by atoms with Gasteiger partial charge in [-0.3, -0.25) is 4.79 Å². The van der Waals surface area contributed by atoms with Gasteiger partial charge in [0.25, 0.3) is 0 Å². The molecule has 3 heteroatoms. The van der Waals surface area contributed by atoms with Crippen molar-refractivity contribution in [1.82, 2.24) is 0 Å². The Morgan fingerprint density at radius 2 is 1.67 bits per heavy atom. The molecule has 0 spiro atoms. The van der Waals surface area contributed by atoms with Crippen molar-refractivity contribution in [1.29, 1.82) is 0 Å². The van der Waals surface area contributed by atoms with Gasteiger partial charge in [0.15, 0.2) is 0 Å². The van der Waals surface area contributed by atoms with Crippen LogP contribution < -0.4 is 0 Å². The molecule has 0 saturated carbocycles. The topological polar surface area (TPSA) is 54.4 Å². The van der Waals surface area contributed by atoms with Crippen molar-refractivity contribution in [2.24, 2.45) is 5.92 Å². The summed E-state index contributed by atoms with van der Waals surface area (Å²) in [5, 5.41) is 8.61. The number of unbranched alkanes of at least 4 members (excludes halogenated alkanes) is 6. The molecule has 0 heterocycles. The Kier molecular flexibility index (Phi) is 9.13. The highest BCUT2D eigenvalue weighted by Crippen LogP contribution is 2.11. The molecule has 0 aromatic carbocycles. The van der Waals surface area contributed by atoms with E-state index in [0.29, 0.717) is 12.7 Å². The summed E-state index contributed by atoms with van der Waals surface area (Å²) in [6.07, 6.45) is 9.11. The van der Waals surface area contributed by atoms with Crippen LogP contribution in [0.25, 0.3) is 0 Å². The van der Waals surface area contributed by atoms with Crippen LogP contribution in [0.1, 0.15) is 58.3 Å². The monoisotopic (exact) mass is 214 g/mol. The smallest absolute Gasteiger partial charge is 0.313 e. The van der Waals surface area contributed by atoms with Crippen molar-refractivity contribution in [3.63, 3.8) is 0 Å². The van der Waals surface area contributed by atoms with Crippen molar-refractivity contribution in [2.45, 2.75) is 58.3 Å². The molecule has 1 atom stereocenters. The highest BCUT2D eigenvalue weighted by molar-refractivity contribution is 5.86. The molecule has 88 valence electrons. The lowest BCUT2D eigenvalue weighted by atomic mass is 10.0. The predicted molar refractivity (Wildman–Crippen MR) is 59.8 cm³/mol. The van der Waals surface area contributed by atoms with Crippen LogP contribution in [0.15, 0.2) is 0 Å². The second-order valence-corrected chi connectivity index (χ2v) is 3.99. The molecule has 0 amide bonds. The lowest BCUT2D eigenvalue weighted by Crippen LogP contribution is -2.14. The van der Waals surface area contributed by atoms with Gasteiger partial charge in [-0.15, -0.1) is 0 Å². The van der Waals surface area contributed by atoms with Gasteiger partial charge in [-0.2, -0.15) is 0 Å². The molecule has 0 aliphatic rings. The first-order valence-corrected chi connectivity index (χ1v) is 5.90. The van der Waals surface area contributed by atoms with Crippen LogP contribution >= 0.6 is 0 Å². The summed E-state index contributed by atoms with van der Waals surface area (Å²) in [5.41, 5.74) is 0. The van der Waals surface area contributed by atoms with Crippen LogP contribution in [0.3, 0.4) is 0 Å². The lowest BCUT2D eigenvalue weighted by Gasteiger charge is -2.04. The van der Waals surface area contributed by atoms with E-state index in [9.17, 15) is 9.59 Å². The highest BCUT2D eigenvalue weighted by Gasteiger charge is 2.14. The van der Waals surface area contributed by atoms with Gasteiger partial charge in [-0.25, -0.2) is 0 Å². The number of carbonyl (C=O) groups is 2. The van der Waals surface area contributed by atoms with Crippen LogP contribution in [-0.4, -0.2) is 17.4 Å². The predicted octanol–water partition coefficient (Wildman–Crippen LogP) is 3.03. The van der Waals surface area contributed by atoms with Gasteiger partial charge in [0.2, 0.25) is 0 Å². The molecule has 0 aromatic rings. The summed E-state index contributed by atoms with van der Waals surface area (Å²) in [6.45, 7) is 2.18. The number of hydrogen-bond acceptors (Lipinski definition) is 2. The average Bonchev–Trinajstić information content (AvgIpc) is 2.21. The highest BCUT2D eigenvalue weighted by atomic mass is 16.4. The van der Waals surface area contributed by atoms with Crippen molar-refractivity contribution >= 4 is 12.3 Å². The Bertz CT molecular complexity index is 178. The number of carbonyl (C=O) groups excluding carboxylic acids is 1. The Labute approximate surface area is 91.9 Å². The zero-order chi connectivity index (χ0) is 11.5. The molecule has 0 bridgehead atoms. The van der Waals surface area contributed by atoms with Gasteiger partial charge < -0.3 is 9.90 Å². The first-order valence-electron chi connectivity index (χ1n) is 5.90. The van der Waals surface area contributed by atoms with Crippen molar-refractivity contribution in [3.05, 3.63) is 0 Å². The third kappa shape index (κ3) is 8.16. The molecule has 0 aliphatic carbocycles. The van der Waals surface area contributed by atoms with E-state index in [1.807, 2.05) is 0 Å². The fourth-order valence-corrected chi connectivity index (χ4v) is 1.57. The van der Waals surface area contributed by atoms with Gasteiger partial charge in [-0.1, -0.05) is 51.9 Å². The molecule has 0 saturated heterocycles. The second-order valence-electron chi connectivity index (χ2n) is 3.99. The van der Waals surface area contributed by atoms with Crippen LogP contribution in [-0.2, 0) is 9.59 Å². The number of hydrogen-bond donors (Lipinski definition) is 1. The van der Waals surface area contributed by atoms with Crippen molar-refractivity contribution < 1.29 is 14.7 Å². The standard InChI is InChI=1S/C12H22O3/c1-2-3-4-5-6-7-8-9-11(10-13)12(14)15/h10-11H,2-9H2,1H3,(H,14,15). The van der Waals surface area contributed by atoms with Crippen LogP contribution in [0.4, 0.5) is 0 Å². The number of carboxylic acids is 1. The maximum atomic E-state index is 10.5. The molecule has 0 rings (SSSR count). The number of carboxylic acid groups (broad SMARTS) is 1. The largest absolute Gasteiger partial charge is 0.481 e. The number of rotatable bonds is 10. The molecule has 0 radical (unpaired) electrons. The van der Waals surface area contributed by atoms with Gasteiger partial charge in [-0.05, 0) is 6.42 Å². The molecule has 1 unspecified atom stereocenters. The van der Waals surface area contributed by atoms with E-state index in [0.717, 1.165) is 19.3 Å². The maximum absolute atomic E-state index is 10.5. The van der Waals surface area contributed by atoms with E-state index in [-0.39, 0.29) is 0 Å². The minimum Gasteiger partial charge on any atom is -0.481 e. The van der Waals surface area contributed by atoms with Crippen LogP contribution in [0.5, 0.6) is 0 Å². The van der Waals surface area contributed by atoms with E-state index in [4.69, 9.17) is 5.11 Å². The zero-order valence-corrected chi connectivity index (χ0v) is 9.58. The SMILES string of the molecule is CCCCCCCCCC(C=O)C(=O)O.